The molecule has 0 bridgehead atoms. The number of hydrogen-bond donors (Lipinski definition) is 1. The SMILES string of the molecule is Cc1cc(CNCC2CC2)c(C)o1. The van der Waals surface area contributed by atoms with E-state index in [9.17, 15) is 0 Å². The Labute approximate surface area is 79.3 Å². The summed E-state index contributed by atoms with van der Waals surface area (Å²) in [6, 6.07) is 2.12. The van der Waals surface area contributed by atoms with E-state index in [1.165, 1.54) is 24.9 Å². The van der Waals surface area contributed by atoms with Crippen LogP contribution < -0.4 is 5.32 Å². The van der Waals surface area contributed by atoms with Crippen LogP contribution in [0.15, 0.2) is 10.5 Å². The molecule has 1 N–H and O–H groups in total. The largest absolute Gasteiger partial charge is 0.466 e. The van der Waals surface area contributed by atoms with Crippen molar-refractivity contribution in [3.63, 3.8) is 0 Å². The fraction of sp³-hybridized carbons (Fsp3) is 0.636. The molecule has 0 aromatic carbocycles. The van der Waals surface area contributed by atoms with E-state index in [-0.39, 0.29) is 0 Å². The van der Waals surface area contributed by atoms with Crippen molar-refractivity contribution in [3.05, 3.63) is 23.2 Å². The van der Waals surface area contributed by atoms with E-state index in [1.54, 1.807) is 0 Å². The van der Waals surface area contributed by atoms with Gasteiger partial charge in [-0.3, -0.25) is 0 Å². The van der Waals surface area contributed by atoms with Gasteiger partial charge in [-0.05, 0) is 45.2 Å². The maximum Gasteiger partial charge on any atom is 0.105 e. The van der Waals surface area contributed by atoms with Gasteiger partial charge in [-0.2, -0.15) is 0 Å². The Kier molecular flexibility index (Phi) is 2.40. The monoisotopic (exact) mass is 179 g/mol. The van der Waals surface area contributed by atoms with Crippen LogP contribution in [0, 0.1) is 19.8 Å². The molecular formula is C11H17NO. The Morgan fingerprint density at radius 2 is 2.23 bits per heavy atom. The molecule has 72 valence electrons. The van der Waals surface area contributed by atoms with Crippen LogP contribution >= 0.6 is 0 Å². The van der Waals surface area contributed by atoms with Gasteiger partial charge in [0.2, 0.25) is 0 Å². The van der Waals surface area contributed by atoms with E-state index in [1.807, 2.05) is 13.8 Å². The maximum absolute atomic E-state index is 5.45. The first kappa shape index (κ1) is 8.82. The summed E-state index contributed by atoms with van der Waals surface area (Å²) in [5.41, 5.74) is 1.30. The molecule has 0 aliphatic heterocycles. The van der Waals surface area contributed by atoms with Gasteiger partial charge < -0.3 is 9.73 Å². The Morgan fingerprint density at radius 1 is 1.46 bits per heavy atom. The summed E-state index contributed by atoms with van der Waals surface area (Å²) in [5, 5.41) is 3.46. The van der Waals surface area contributed by atoms with E-state index in [0.29, 0.717) is 0 Å². The van der Waals surface area contributed by atoms with Gasteiger partial charge >= 0.3 is 0 Å². The van der Waals surface area contributed by atoms with Crippen molar-refractivity contribution in [1.29, 1.82) is 0 Å². The molecule has 1 aliphatic rings. The third-order valence-corrected chi connectivity index (χ3v) is 2.59. The highest BCUT2D eigenvalue weighted by atomic mass is 16.3. The molecule has 2 rings (SSSR count). The third kappa shape index (κ3) is 2.34. The minimum atomic E-state index is 0.952. The van der Waals surface area contributed by atoms with Crippen LogP contribution in [0.1, 0.15) is 29.9 Å². The van der Waals surface area contributed by atoms with Crippen molar-refractivity contribution in [2.75, 3.05) is 6.54 Å². The highest BCUT2D eigenvalue weighted by Crippen LogP contribution is 2.27. The molecule has 0 amide bonds. The number of rotatable bonds is 4. The quantitative estimate of drug-likeness (QED) is 0.767. The molecular weight excluding hydrogens is 162 g/mol. The normalized spacial score (nSPS) is 16.5. The number of nitrogens with one attached hydrogen (secondary N) is 1. The van der Waals surface area contributed by atoms with Crippen LogP contribution in [0.4, 0.5) is 0 Å². The van der Waals surface area contributed by atoms with Crippen LogP contribution in [0.5, 0.6) is 0 Å². The van der Waals surface area contributed by atoms with Crippen molar-refractivity contribution in [2.24, 2.45) is 5.92 Å². The second-order valence-electron chi connectivity index (χ2n) is 4.01. The molecule has 0 radical (unpaired) electrons. The van der Waals surface area contributed by atoms with Crippen LogP contribution in [0.2, 0.25) is 0 Å². The molecule has 0 atom stereocenters. The van der Waals surface area contributed by atoms with Gasteiger partial charge in [0, 0.05) is 12.1 Å². The average molecular weight is 179 g/mol. The lowest BCUT2D eigenvalue weighted by Crippen LogP contribution is -2.16. The van der Waals surface area contributed by atoms with Crippen molar-refractivity contribution < 1.29 is 4.42 Å². The topological polar surface area (TPSA) is 25.2 Å². The smallest absolute Gasteiger partial charge is 0.105 e. The maximum atomic E-state index is 5.45. The highest BCUT2D eigenvalue weighted by Gasteiger charge is 2.20. The second-order valence-corrected chi connectivity index (χ2v) is 4.01. The van der Waals surface area contributed by atoms with Crippen molar-refractivity contribution in [2.45, 2.75) is 33.2 Å². The van der Waals surface area contributed by atoms with Crippen molar-refractivity contribution in [1.82, 2.24) is 5.32 Å². The first-order chi connectivity index (χ1) is 6.25. The second kappa shape index (κ2) is 3.54. The Hall–Kier alpha value is -0.760. The Bertz CT molecular complexity index is 286. The van der Waals surface area contributed by atoms with Gasteiger partial charge in [-0.1, -0.05) is 0 Å². The number of furan rings is 1. The van der Waals surface area contributed by atoms with Crippen LogP contribution in [0.25, 0.3) is 0 Å². The molecule has 1 heterocycles. The number of aryl methyl sites for hydroxylation is 2. The summed E-state index contributed by atoms with van der Waals surface area (Å²) in [7, 11) is 0. The Balaban J connectivity index is 1.81. The molecule has 0 unspecified atom stereocenters. The summed E-state index contributed by atoms with van der Waals surface area (Å²) in [6.07, 6.45) is 2.83. The minimum Gasteiger partial charge on any atom is -0.466 e. The first-order valence-corrected chi connectivity index (χ1v) is 5.02. The predicted molar refractivity (Wildman–Crippen MR) is 52.6 cm³/mol. The molecule has 0 spiro atoms. The standard InChI is InChI=1S/C11H17NO/c1-8-5-11(9(2)13-8)7-12-6-10-3-4-10/h5,10,12H,3-4,6-7H2,1-2H3. The Morgan fingerprint density at radius 3 is 2.77 bits per heavy atom. The predicted octanol–water partition coefficient (Wildman–Crippen LogP) is 2.40. The van der Waals surface area contributed by atoms with Crippen LogP contribution in [-0.4, -0.2) is 6.54 Å². The molecule has 1 aromatic rings. The first-order valence-electron chi connectivity index (χ1n) is 5.02. The van der Waals surface area contributed by atoms with Crippen molar-refractivity contribution >= 4 is 0 Å². The van der Waals surface area contributed by atoms with Gasteiger partial charge in [0.25, 0.3) is 0 Å². The summed E-state index contributed by atoms with van der Waals surface area (Å²) >= 11 is 0. The van der Waals surface area contributed by atoms with E-state index in [4.69, 9.17) is 4.42 Å². The molecule has 13 heavy (non-hydrogen) atoms. The lowest BCUT2D eigenvalue weighted by Gasteiger charge is -2.01. The van der Waals surface area contributed by atoms with E-state index < -0.39 is 0 Å². The van der Waals surface area contributed by atoms with Crippen LogP contribution in [0.3, 0.4) is 0 Å². The van der Waals surface area contributed by atoms with Gasteiger partial charge in [-0.25, -0.2) is 0 Å². The lowest BCUT2D eigenvalue weighted by atomic mass is 10.2. The summed E-state index contributed by atoms with van der Waals surface area (Å²) in [5.74, 6) is 3.02. The molecule has 1 saturated carbocycles. The summed E-state index contributed by atoms with van der Waals surface area (Å²) in [6.45, 7) is 6.15. The zero-order valence-corrected chi connectivity index (χ0v) is 8.39. The fourth-order valence-electron chi connectivity index (χ4n) is 1.59. The zero-order valence-electron chi connectivity index (χ0n) is 8.39. The average Bonchev–Trinajstić information content (AvgIpc) is 2.81. The number of hydrogen-bond acceptors (Lipinski definition) is 2. The molecule has 2 nitrogen and oxygen atoms in total. The molecule has 0 saturated heterocycles. The minimum absolute atomic E-state index is 0.952. The lowest BCUT2D eigenvalue weighted by molar-refractivity contribution is 0.498. The third-order valence-electron chi connectivity index (χ3n) is 2.59. The van der Waals surface area contributed by atoms with E-state index in [2.05, 4.69) is 11.4 Å². The fourth-order valence-corrected chi connectivity index (χ4v) is 1.59. The summed E-state index contributed by atoms with van der Waals surface area (Å²) < 4.78 is 5.45. The van der Waals surface area contributed by atoms with Gasteiger partial charge in [-0.15, -0.1) is 0 Å². The van der Waals surface area contributed by atoms with E-state index in [0.717, 1.165) is 24.0 Å². The van der Waals surface area contributed by atoms with Crippen LogP contribution in [-0.2, 0) is 6.54 Å². The molecule has 1 aliphatic carbocycles. The zero-order chi connectivity index (χ0) is 9.26. The van der Waals surface area contributed by atoms with Crippen molar-refractivity contribution in [3.8, 4) is 0 Å². The molecule has 1 aromatic heterocycles. The van der Waals surface area contributed by atoms with E-state index >= 15 is 0 Å². The highest BCUT2D eigenvalue weighted by molar-refractivity contribution is 5.19. The van der Waals surface area contributed by atoms with Gasteiger partial charge in [0.05, 0.1) is 0 Å². The summed E-state index contributed by atoms with van der Waals surface area (Å²) in [4.78, 5) is 0. The van der Waals surface area contributed by atoms with Gasteiger partial charge in [0.1, 0.15) is 11.5 Å². The molecule has 2 heteroatoms. The molecule has 1 fully saturated rings. The van der Waals surface area contributed by atoms with Gasteiger partial charge in [0.15, 0.2) is 0 Å².